The number of thiophene rings is 1. The summed E-state index contributed by atoms with van der Waals surface area (Å²) in [5.41, 5.74) is 0.0487. The molecule has 1 unspecified atom stereocenters. The summed E-state index contributed by atoms with van der Waals surface area (Å²) in [6, 6.07) is 10.9. The van der Waals surface area contributed by atoms with E-state index in [1.165, 1.54) is 15.2 Å². The Morgan fingerprint density at radius 3 is 2.47 bits per heavy atom. The van der Waals surface area contributed by atoms with E-state index in [9.17, 15) is 14.4 Å². The molecule has 0 saturated carbocycles. The quantitative estimate of drug-likeness (QED) is 0.515. The van der Waals surface area contributed by atoms with Crippen LogP contribution in [-0.4, -0.2) is 45.7 Å². The molecule has 1 atom stereocenters. The number of hydrogen-bond acceptors (Lipinski definition) is 6. The number of carbonyl (C=O) groups excluding carboxylic acids is 1. The second kappa shape index (κ2) is 9.40. The lowest BCUT2D eigenvalue weighted by atomic mass is 10.2. The van der Waals surface area contributed by atoms with Gasteiger partial charge in [0.05, 0.1) is 11.9 Å². The maximum absolute atomic E-state index is 13.0. The van der Waals surface area contributed by atoms with Crippen LogP contribution in [-0.2, 0) is 18.3 Å². The Labute approximate surface area is 179 Å². The zero-order valence-corrected chi connectivity index (χ0v) is 18.6. The summed E-state index contributed by atoms with van der Waals surface area (Å²) in [4.78, 5) is 41.4. The summed E-state index contributed by atoms with van der Waals surface area (Å²) >= 11 is 1.11. The zero-order chi connectivity index (χ0) is 21.8. The molecule has 0 bridgehead atoms. The van der Waals surface area contributed by atoms with Crippen LogP contribution in [0.5, 0.6) is 0 Å². The van der Waals surface area contributed by atoms with Gasteiger partial charge in [0.25, 0.3) is 5.56 Å². The monoisotopic (exact) mass is 429 g/mol. The Balaban J connectivity index is 1.91. The fraction of sp³-hybridized carbons (Fsp3) is 0.409. The Morgan fingerprint density at radius 1 is 1.17 bits per heavy atom. The molecule has 3 rings (SSSR count). The summed E-state index contributed by atoms with van der Waals surface area (Å²) in [5, 5.41) is 0.348. The molecule has 2 aromatic heterocycles. The molecule has 0 N–H and O–H groups in total. The molecular formula is C22H27N3O4S. The second-order valence-corrected chi connectivity index (χ2v) is 8.28. The summed E-state index contributed by atoms with van der Waals surface area (Å²) in [6.07, 6.45) is -0.277. The molecule has 3 aromatic rings. The van der Waals surface area contributed by atoms with E-state index < -0.39 is 17.2 Å². The van der Waals surface area contributed by atoms with E-state index in [-0.39, 0.29) is 12.6 Å². The highest BCUT2D eigenvalue weighted by Gasteiger charge is 2.20. The first-order valence-electron chi connectivity index (χ1n) is 10.1. The normalized spacial score (nSPS) is 12.4. The number of fused-ring (bicyclic) bond motifs is 1. The summed E-state index contributed by atoms with van der Waals surface area (Å²) < 4.78 is 8.18. The van der Waals surface area contributed by atoms with Crippen LogP contribution in [0.4, 0.5) is 0 Å². The SMILES string of the molecule is CCN(CC)CC(C)OC(=O)c1cc2c(=O)n(Cc3ccccc3)c(=O)n(C)c2s1. The number of hydrogen-bond donors (Lipinski definition) is 0. The fourth-order valence-electron chi connectivity index (χ4n) is 3.41. The van der Waals surface area contributed by atoms with Gasteiger partial charge in [-0.1, -0.05) is 44.2 Å². The van der Waals surface area contributed by atoms with Gasteiger partial charge in [-0.25, -0.2) is 9.59 Å². The van der Waals surface area contributed by atoms with Crippen LogP contribution in [0, 0.1) is 0 Å². The maximum atomic E-state index is 13.0. The van der Waals surface area contributed by atoms with E-state index >= 15 is 0 Å². The Morgan fingerprint density at radius 2 is 1.83 bits per heavy atom. The van der Waals surface area contributed by atoms with Gasteiger partial charge in [-0.15, -0.1) is 11.3 Å². The largest absolute Gasteiger partial charge is 0.457 e. The average Bonchev–Trinajstić information content (AvgIpc) is 3.20. The summed E-state index contributed by atoms with van der Waals surface area (Å²) in [6.45, 7) is 8.56. The van der Waals surface area contributed by atoms with Crippen molar-refractivity contribution in [3.05, 3.63) is 67.7 Å². The lowest BCUT2D eigenvalue weighted by molar-refractivity contribution is 0.0266. The van der Waals surface area contributed by atoms with Crippen molar-refractivity contribution in [3.63, 3.8) is 0 Å². The summed E-state index contributed by atoms with van der Waals surface area (Å²) in [5.74, 6) is -0.475. The van der Waals surface area contributed by atoms with Crippen molar-refractivity contribution in [2.75, 3.05) is 19.6 Å². The molecule has 7 nitrogen and oxygen atoms in total. The number of nitrogens with zero attached hydrogens (tertiary/aromatic N) is 3. The smallest absolute Gasteiger partial charge is 0.348 e. The van der Waals surface area contributed by atoms with Gasteiger partial charge < -0.3 is 9.64 Å². The minimum Gasteiger partial charge on any atom is -0.457 e. The van der Waals surface area contributed by atoms with Gasteiger partial charge in [-0.2, -0.15) is 0 Å². The van der Waals surface area contributed by atoms with E-state index in [0.717, 1.165) is 30.0 Å². The second-order valence-electron chi connectivity index (χ2n) is 7.25. The molecule has 8 heteroatoms. The summed E-state index contributed by atoms with van der Waals surface area (Å²) in [7, 11) is 1.61. The Kier molecular flexibility index (Phi) is 6.89. The minimum absolute atomic E-state index is 0.179. The molecule has 0 fully saturated rings. The van der Waals surface area contributed by atoms with Crippen molar-refractivity contribution >= 4 is 27.5 Å². The highest BCUT2D eigenvalue weighted by Crippen LogP contribution is 2.23. The first kappa shape index (κ1) is 22.0. The highest BCUT2D eigenvalue weighted by atomic mass is 32.1. The van der Waals surface area contributed by atoms with Gasteiger partial charge in [0, 0.05) is 13.6 Å². The zero-order valence-electron chi connectivity index (χ0n) is 17.8. The molecule has 0 aliphatic carbocycles. The highest BCUT2D eigenvalue weighted by molar-refractivity contribution is 7.20. The van der Waals surface area contributed by atoms with Crippen LogP contribution in [0.2, 0.25) is 0 Å². The predicted molar refractivity (Wildman–Crippen MR) is 120 cm³/mol. The van der Waals surface area contributed by atoms with Gasteiger partial charge in [0.15, 0.2) is 0 Å². The minimum atomic E-state index is -0.475. The predicted octanol–water partition coefficient (Wildman–Crippen LogP) is 2.70. The Hall–Kier alpha value is -2.71. The van der Waals surface area contributed by atoms with Gasteiger partial charge in [0.1, 0.15) is 15.8 Å². The molecule has 0 saturated heterocycles. The topological polar surface area (TPSA) is 73.5 Å². The van der Waals surface area contributed by atoms with E-state index in [0.29, 0.717) is 21.6 Å². The van der Waals surface area contributed by atoms with E-state index in [1.54, 1.807) is 7.05 Å². The number of rotatable bonds is 8. The molecule has 2 heterocycles. The third-order valence-electron chi connectivity index (χ3n) is 5.11. The van der Waals surface area contributed by atoms with Crippen LogP contribution < -0.4 is 11.2 Å². The molecule has 0 amide bonds. The molecule has 0 radical (unpaired) electrons. The van der Waals surface area contributed by atoms with Crippen molar-refractivity contribution in [2.24, 2.45) is 7.05 Å². The first-order valence-corrected chi connectivity index (χ1v) is 10.9. The molecule has 1 aromatic carbocycles. The van der Waals surface area contributed by atoms with Crippen molar-refractivity contribution in [1.29, 1.82) is 0 Å². The molecular weight excluding hydrogens is 402 g/mol. The number of aromatic nitrogens is 2. The molecule has 0 aliphatic rings. The standard InChI is InChI=1S/C22H27N3O4S/c1-5-24(6-2)13-15(3)29-21(27)18-12-17-19(26)25(14-16-10-8-7-9-11-16)22(28)23(4)20(17)30-18/h7-12,15H,5-6,13-14H2,1-4H3. The lowest BCUT2D eigenvalue weighted by Crippen LogP contribution is -2.38. The number of carbonyl (C=O) groups is 1. The lowest BCUT2D eigenvalue weighted by Gasteiger charge is -2.22. The van der Waals surface area contributed by atoms with Gasteiger partial charge >= 0.3 is 11.7 Å². The van der Waals surface area contributed by atoms with E-state index in [4.69, 9.17) is 4.74 Å². The van der Waals surface area contributed by atoms with Crippen LogP contribution in [0.1, 0.15) is 36.0 Å². The van der Waals surface area contributed by atoms with Crippen LogP contribution in [0.15, 0.2) is 46.0 Å². The van der Waals surface area contributed by atoms with Crippen molar-refractivity contribution in [3.8, 4) is 0 Å². The maximum Gasteiger partial charge on any atom is 0.348 e. The first-order chi connectivity index (χ1) is 14.3. The van der Waals surface area contributed by atoms with Crippen molar-refractivity contribution < 1.29 is 9.53 Å². The molecule has 0 spiro atoms. The van der Waals surface area contributed by atoms with Gasteiger partial charge in [-0.3, -0.25) is 13.9 Å². The Bertz CT molecular complexity index is 1140. The van der Waals surface area contributed by atoms with Crippen molar-refractivity contribution in [1.82, 2.24) is 14.0 Å². The van der Waals surface area contributed by atoms with E-state index in [2.05, 4.69) is 18.7 Å². The number of benzene rings is 1. The van der Waals surface area contributed by atoms with Gasteiger partial charge in [0.2, 0.25) is 0 Å². The fourth-order valence-corrected chi connectivity index (χ4v) is 4.40. The number of likely N-dealkylation sites (N-methyl/N-ethyl adjacent to an activating group) is 1. The number of aryl methyl sites for hydroxylation is 1. The van der Waals surface area contributed by atoms with Crippen LogP contribution in [0.25, 0.3) is 10.2 Å². The molecule has 30 heavy (non-hydrogen) atoms. The number of esters is 1. The average molecular weight is 430 g/mol. The van der Waals surface area contributed by atoms with E-state index in [1.807, 2.05) is 37.3 Å². The molecule has 160 valence electrons. The third-order valence-corrected chi connectivity index (χ3v) is 6.30. The van der Waals surface area contributed by atoms with Crippen LogP contribution in [0.3, 0.4) is 0 Å². The number of ether oxygens (including phenoxy) is 1. The third kappa shape index (κ3) is 4.55. The van der Waals surface area contributed by atoms with Crippen molar-refractivity contribution in [2.45, 2.75) is 33.4 Å². The molecule has 0 aliphatic heterocycles. The van der Waals surface area contributed by atoms with Gasteiger partial charge in [-0.05, 0) is 31.6 Å². The van der Waals surface area contributed by atoms with Crippen LogP contribution >= 0.6 is 11.3 Å².